The van der Waals surface area contributed by atoms with Crippen molar-refractivity contribution in [3.8, 4) is 0 Å². The molecular weight excluding hydrogens is 500 g/mol. The number of hydrogen-bond acceptors (Lipinski definition) is 4. The van der Waals surface area contributed by atoms with Crippen molar-refractivity contribution < 1.29 is 41.0 Å². The number of ketones is 1. The van der Waals surface area contributed by atoms with Crippen molar-refractivity contribution >= 4 is 5.78 Å². The Morgan fingerprint density at radius 2 is 1.59 bits per heavy atom. The second kappa shape index (κ2) is 11.8. The molecule has 1 fully saturated rings. The van der Waals surface area contributed by atoms with Crippen LogP contribution in [0.15, 0.2) is 61.2 Å². The largest absolute Gasteiger partial charge is 0.416 e. The lowest BCUT2D eigenvalue weighted by atomic mass is 9.76. The van der Waals surface area contributed by atoms with Gasteiger partial charge < -0.3 is 15.2 Å². The van der Waals surface area contributed by atoms with Crippen LogP contribution in [0.1, 0.15) is 62.0 Å². The molecule has 0 aliphatic carbocycles. The number of rotatable bonds is 6. The van der Waals surface area contributed by atoms with Gasteiger partial charge in [0.15, 0.2) is 5.78 Å². The number of carbonyl (C=O) groups excluding carboxylic acids is 1. The second-order valence-corrected chi connectivity index (χ2v) is 9.09. The third-order valence-corrected chi connectivity index (χ3v) is 6.33. The maximum absolute atomic E-state index is 13.2. The molecule has 0 amide bonds. The SMILES string of the molecule is C=CC.CC(=O)C1(O)CC[C@@](CO[C@H](C)c2cc(C(F)(F)F)cc(C(F)(F)F)c2)(c2ccccc2)NC1. The minimum Gasteiger partial charge on any atom is -0.381 e. The van der Waals surface area contributed by atoms with Crippen molar-refractivity contribution in [3.05, 3.63) is 83.4 Å². The lowest BCUT2D eigenvalue weighted by Gasteiger charge is -2.44. The van der Waals surface area contributed by atoms with Crippen LogP contribution in [0.25, 0.3) is 0 Å². The zero-order valence-electron chi connectivity index (χ0n) is 20.8. The number of nitrogens with one attached hydrogen (secondary N) is 1. The monoisotopic (exact) mass is 531 g/mol. The summed E-state index contributed by atoms with van der Waals surface area (Å²) in [6.07, 6.45) is -8.88. The number of β-amino-alcohol motifs (C(OH)–C–C–N with tert-alkyl or cyclic N) is 1. The van der Waals surface area contributed by atoms with Gasteiger partial charge in [-0.2, -0.15) is 26.3 Å². The van der Waals surface area contributed by atoms with E-state index in [9.17, 15) is 36.2 Å². The fraction of sp³-hybridized carbons (Fsp3) is 0.444. The number of aliphatic hydroxyl groups is 1. The molecule has 0 spiro atoms. The minimum atomic E-state index is -4.96. The molecule has 3 atom stereocenters. The summed E-state index contributed by atoms with van der Waals surface area (Å²) in [5, 5.41) is 13.7. The van der Waals surface area contributed by atoms with Gasteiger partial charge in [-0.05, 0) is 62.9 Å². The summed E-state index contributed by atoms with van der Waals surface area (Å²) >= 11 is 0. The normalized spacial score (nSPS) is 23.0. The topological polar surface area (TPSA) is 58.6 Å². The number of benzene rings is 2. The molecular formula is C27H31F6NO3. The zero-order valence-corrected chi connectivity index (χ0v) is 20.8. The van der Waals surface area contributed by atoms with E-state index >= 15 is 0 Å². The highest BCUT2D eigenvalue weighted by atomic mass is 19.4. The molecule has 10 heteroatoms. The summed E-state index contributed by atoms with van der Waals surface area (Å²) in [5.74, 6) is -0.403. The first-order chi connectivity index (χ1) is 17.1. The van der Waals surface area contributed by atoms with E-state index in [-0.39, 0.29) is 37.6 Å². The highest BCUT2D eigenvalue weighted by Gasteiger charge is 2.45. The van der Waals surface area contributed by atoms with E-state index in [0.717, 1.165) is 5.56 Å². The van der Waals surface area contributed by atoms with Crippen molar-refractivity contribution in [1.82, 2.24) is 5.32 Å². The van der Waals surface area contributed by atoms with Crippen LogP contribution in [0, 0.1) is 0 Å². The average molecular weight is 532 g/mol. The number of ether oxygens (including phenoxy) is 1. The molecule has 4 nitrogen and oxygen atoms in total. The van der Waals surface area contributed by atoms with E-state index in [1.807, 2.05) is 6.92 Å². The number of carbonyl (C=O) groups is 1. The first-order valence-corrected chi connectivity index (χ1v) is 11.6. The Bertz CT molecular complexity index is 1030. The Morgan fingerprint density at radius 1 is 1.08 bits per heavy atom. The van der Waals surface area contributed by atoms with Crippen LogP contribution in [-0.2, 0) is 27.4 Å². The van der Waals surface area contributed by atoms with Crippen LogP contribution in [0.4, 0.5) is 26.3 Å². The van der Waals surface area contributed by atoms with Crippen LogP contribution in [0.2, 0.25) is 0 Å². The molecule has 3 rings (SSSR count). The second-order valence-electron chi connectivity index (χ2n) is 9.09. The van der Waals surface area contributed by atoms with Gasteiger partial charge in [0, 0.05) is 6.54 Å². The molecule has 204 valence electrons. The summed E-state index contributed by atoms with van der Waals surface area (Å²) < 4.78 is 85.2. The number of hydrogen-bond donors (Lipinski definition) is 2. The molecule has 37 heavy (non-hydrogen) atoms. The maximum Gasteiger partial charge on any atom is 0.416 e. The number of alkyl halides is 6. The quantitative estimate of drug-likeness (QED) is 0.326. The first kappa shape index (κ1) is 30.5. The molecule has 2 aromatic carbocycles. The van der Waals surface area contributed by atoms with Gasteiger partial charge in [-0.25, -0.2) is 0 Å². The van der Waals surface area contributed by atoms with Gasteiger partial charge in [-0.3, -0.25) is 4.79 Å². The predicted octanol–water partition coefficient (Wildman–Crippen LogP) is 6.59. The van der Waals surface area contributed by atoms with E-state index in [4.69, 9.17) is 4.74 Å². The summed E-state index contributed by atoms with van der Waals surface area (Å²) in [5.41, 5.74) is -4.78. The zero-order chi connectivity index (χ0) is 28.1. The third-order valence-electron chi connectivity index (χ3n) is 6.33. The average Bonchev–Trinajstić information content (AvgIpc) is 2.83. The van der Waals surface area contributed by atoms with Crippen molar-refractivity contribution in [2.45, 2.75) is 63.2 Å². The van der Waals surface area contributed by atoms with E-state index in [1.54, 1.807) is 36.4 Å². The van der Waals surface area contributed by atoms with E-state index < -0.39 is 46.5 Å². The highest BCUT2D eigenvalue weighted by molar-refractivity contribution is 5.85. The van der Waals surface area contributed by atoms with E-state index in [2.05, 4.69) is 11.9 Å². The minimum absolute atomic E-state index is 0.0727. The first-order valence-electron chi connectivity index (χ1n) is 11.6. The Kier molecular flexibility index (Phi) is 9.73. The Morgan fingerprint density at radius 3 is 2.00 bits per heavy atom. The highest BCUT2D eigenvalue weighted by Crippen LogP contribution is 2.39. The lowest BCUT2D eigenvalue weighted by Crippen LogP contribution is -2.60. The van der Waals surface area contributed by atoms with Gasteiger partial charge in [0.25, 0.3) is 0 Å². The fourth-order valence-electron chi connectivity index (χ4n) is 4.00. The fourth-order valence-corrected chi connectivity index (χ4v) is 4.00. The molecule has 1 unspecified atom stereocenters. The predicted molar refractivity (Wildman–Crippen MR) is 128 cm³/mol. The molecule has 1 saturated heterocycles. The third kappa shape index (κ3) is 7.66. The molecule has 2 N–H and O–H groups in total. The maximum atomic E-state index is 13.2. The number of Topliss-reactive ketones (excluding diaryl/α,β-unsaturated/α-hetero) is 1. The summed E-state index contributed by atoms with van der Waals surface area (Å²) in [6, 6.07) is 10.3. The van der Waals surface area contributed by atoms with Gasteiger partial charge in [0.2, 0.25) is 0 Å². The number of piperidine rings is 1. The summed E-state index contributed by atoms with van der Waals surface area (Å²) in [4.78, 5) is 11.8. The molecule has 2 aromatic rings. The van der Waals surface area contributed by atoms with E-state index in [1.165, 1.54) is 13.8 Å². The van der Waals surface area contributed by atoms with Gasteiger partial charge in [0.1, 0.15) is 5.60 Å². The molecule has 0 radical (unpaired) electrons. The van der Waals surface area contributed by atoms with Crippen molar-refractivity contribution in [2.24, 2.45) is 0 Å². The molecule has 0 aromatic heterocycles. The molecule has 1 aliphatic heterocycles. The Hall–Kier alpha value is -2.69. The van der Waals surface area contributed by atoms with Crippen molar-refractivity contribution in [2.75, 3.05) is 13.2 Å². The van der Waals surface area contributed by atoms with Crippen LogP contribution < -0.4 is 5.32 Å². The van der Waals surface area contributed by atoms with Crippen molar-refractivity contribution in [1.29, 1.82) is 0 Å². The van der Waals surface area contributed by atoms with Gasteiger partial charge >= 0.3 is 12.4 Å². The van der Waals surface area contributed by atoms with Crippen LogP contribution in [0.5, 0.6) is 0 Å². The van der Waals surface area contributed by atoms with Crippen molar-refractivity contribution in [3.63, 3.8) is 0 Å². The lowest BCUT2D eigenvalue weighted by molar-refractivity contribution is -0.143. The number of allylic oxidation sites excluding steroid dienone is 1. The van der Waals surface area contributed by atoms with Gasteiger partial charge in [0.05, 0.1) is 29.4 Å². The van der Waals surface area contributed by atoms with Crippen LogP contribution in [0.3, 0.4) is 0 Å². The smallest absolute Gasteiger partial charge is 0.381 e. The Labute approximate surface area is 212 Å². The number of halogens is 6. The van der Waals surface area contributed by atoms with Crippen LogP contribution >= 0.6 is 0 Å². The standard InChI is InChI=1S/C24H25F6NO3.C3H6/c1-15(17-10-19(23(25,26)27)12-20(11-17)24(28,29)30)34-14-21(18-6-4-3-5-7-18)8-9-22(33,13-31-21)16(2)32;1-3-2/h3-7,10-12,15,31,33H,8-9,13-14H2,1-2H3;3H,1H2,2H3/t15-,21-,22?;/m1./s1. The summed E-state index contributed by atoms with van der Waals surface area (Å²) in [7, 11) is 0. The molecule has 0 saturated carbocycles. The van der Waals surface area contributed by atoms with Gasteiger partial charge in [-0.15, -0.1) is 6.58 Å². The summed E-state index contributed by atoms with van der Waals surface area (Å²) in [6.45, 7) is 7.73. The van der Waals surface area contributed by atoms with Crippen LogP contribution in [-0.4, -0.2) is 29.6 Å². The molecule has 0 bridgehead atoms. The molecule has 1 aliphatic rings. The Balaban J connectivity index is 0.00000153. The van der Waals surface area contributed by atoms with Gasteiger partial charge in [-0.1, -0.05) is 36.4 Å². The van der Waals surface area contributed by atoms with E-state index in [0.29, 0.717) is 12.1 Å². The molecule has 1 heterocycles.